The first kappa shape index (κ1) is 22.6. The number of carbonyl (C=O) groups is 2. The summed E-state index contributed by atoms with van der Waals surface area (Å²) in [5.41, 5.74) is 3.24. The number of hydrogen-bond acceptors (Lipinski definition) is 6. The molecule has 2 aromatic heterocycles. The lowest BCUT2D eigenvalue weighted by Gasteiger charge is -2.13. The molecule has 0 radical (unpaired) electrons. The highest BCUT2D eigenvalue weighted by atomic mass is 32.2. The molecule has 0 bridgehead atoms. The minimum absolute atomic E-state index is 0.0576. The monoisotopic (exact) mass is 438 g/mol. The second-order valence-corrected chi connectivity index (χ2v) is 8.52. The van der Waals surface area contributed by atoms with Crippen LogP contribution in [0.3, 0.4) is 0 Å². The van der Waals surface area contributed by atoms with Gasteiger partial charge in [-0.2, -0.15) is 0 Å². The molecule has 8 heteroatoms. The number of nitrogens with zero attached hydrogens (tertiary/aromatic N) is 3. The summed E-state index contributed by atoms with van der Waals surface area (Å²) in [5, 5.41) is 8.86. The molecule has 0 aliphatic carbocycles. The third-order valence-corrected chi connectivity index (χ3v) is 6.14. The molecule has 0 saturated heterocycles. The Labute approximate surface area is 185 Å². The highest BCUT2D eigenvalue weighted by molar-refractivity contribution is 8.00. The number of methoxy groups -OCH3 is 1. The Morgan fingerprint density at radius 2 is 2.00 bits per heavy atom. The number of para-hydroxylation sites is 1. The number of benzene rings is 1. The molecule has 1 aromatic carbocycles. The number of allylic oxidation sites excluding steroid dienone is 1. The summed E-state index contributed by atoms with van der Waals surface area (Å²) >= 11 is 1.32. The van der Waals surface area contributed by atoms with E-state index in [4.69, 9.17) is 4.74 Å². The van der Waals surface area contributed by atoms with Crippen molar-refractivity contribution in [2.45, 2.75) is 44.6 Å². The maximum Gasteiger partial charge on any atom is 0.192 e. The largest absolute Gasteiger partial charge is 0.496 e. The quantitative estimate of drug-likeness (QED) is 0.297. The average molecular weight is 439 g/mol. The van der Waals surface area contributed by atoms with E-state index < -0.39 is 5.25 Å². The molecule has 1 N–H and O–H groups in total. The predicted molar refractivity (Wildman–Crippen MR) is 122 cm³/mol. The van der Waals surface area contributed by atoms with E-state index in [2.05, 4.69) is 21.8 Å². The number of aromatic amines is 1. The van der Waals surface area contributed by atoms with Crippen LogP contribution in [-0.2, 0) is 6.54 Å². The number of thioether (sulfide) groups is 1. The topological polar surface area (TPSA) is 89.9 Å². The van der Waals surface area contributed by atoms with Crippen molar-refractivity contribution in [1.82, 2.24) is 19.7 Å². The van der Waals surface area contributed by atoms with Crippen molar-refractivity contribution >= 4 is 23.3 Å². The first-order valence-corrected chi connectivity index (χ1v) is 10.8. The van der Waals surface area contributed by atoms with Crippen LogP contribution in [0, 0.1) is 13.8 Å². The number of nitrogens with one attached hydrogen (secondary N) is 1. The summed E-state index contributed by atoms with van der Waals surface area (Å²) in [6.45, 7) is 11.3. The Morgan fingerprint density at radius 3 is 2.61 bits per heavy atom. The van der Waals surface area contributed by atoms with Crippen LogP contribution in [0.5, 0.6) is 5.75 Å². The van der Waals surface area contributed by atoms with Gasteiger partial charge in [0.1, 0.15) is 5.75 Å². The molecule has 0 saturated carbocycles. The molecule has 7 nitrogen and oxygen atoms in total. The maximum atomic E-state index is 13.1. The van der Waals surface area contributed by atoms with E-state index in [0.717, 1.165) is 5.56 Å². The molecule has 0 fully saturated rings. The van der Waals surface area contributed by atoms with Crippen LogP contribution < -0.4 is 4.74 Å². The Morgan fingerprint density at radius 1 is 1.29 bits per heavy atom. The van der Waals surface area contributed by atoms with Crippen molar-refractivity contribution in [2.24, 2.45) is 0 Å². The lowest BCUT2D eigenvalue weighted by Crippen LogP contribution is -2.16. The number of rotatable bonds is 9. The van der Waals surface area contributed by atoms with Crippen LogP contribution >= 0.6 is 11.8 Å². The van der Waals surface area contributed by atoms with Crippen LogP contribution in [0.15, 0.2) is 42.1 Å². The molecule has 0 aliphatic rings. The maximum absolute atomic E-state index is 13.1. The molecule has 0 amide bonds. The Balaban J connectivity index is 1.93. The van der Waals surface area contributed by atoms with E-state index in [1.165, 1.54) is 18.7 Å². The van der Waals surface area contributed by atoms with Crippen LogP contribution in [0.1, 0.15) is 46.0 Å². The Bertz CT molecular complexity index is 1150. The van der Waals surface area contributed by atoms with E-state index in [9.17, 15) is 9.59 Å². The van der Waals surface area contributed by atoms with Gasteiger partial charge in [0.2, 0.25) is 0 Å². The van der Waals surface area contributed by atoms with Crippen LogP contribution in [-0.4, -0.2) is 43.7 Å². The second-order valence-electron chi connectivity index (χ2n) is 7.21. The minimum atomic E-state index is -0.435. The van der Waals surface area contributed by atoms with E-state index >= 15 is 0 Å². The smallest absolute Gasteiger partial charge is 0.192 e. The van der Waals surface area contributed by atoms with Gasteiger partial charge in [-0.15, -0.1) is 16.8 Å². The lowest BCUT2D eigenvalue weighted by molar-refractivity contribution is 0.0988. The molecule has 3 aromatic rings. The fourth-order valence-corrected chi connectivity index (χ4v) is 4.55. The van der Waals surface area contributed by atoms with E-state index in [1.54, 1.807) is 27.0 Å². The molecule has 0 aliphatic heterocycles. The fraction of sp³-hybridized carbons (Fsp3) is 0.304. The summed E-state index contributed by atoms with van der Waals surface area (Å²) in [5.74, 6) is 1.18. The van der Waals surface area contributed by atoms with Gasteiger partial charge in [0.05, 0.1) is 23.6 Å². The first-order chi connectivity index (χ1) is 14.8. The number of ether oxygens (including phenoxy) is 1. The highest BCUT2D eigenvalue weighted by Crippen LogP contribution is 2.33. The van der Waals surface area contributed by atoms with Crippen molar-refractivity contribution in [3.8, 4) is 17.1 Å². The number of Topliss-reactive ketones (excluding diaryl/α,β-unsaturated/α-hetero) is 2. The van der Waals surface area contributed by atoms with Crippen LogP contribution in [0.4, 0.5) is 0 Å². The van der Waals surface area contributed by atoms with Gasteiger partial charge in [-0.05, 0) is 45.4 Å². The van der Waals surface area contributed by atoms with Gasteiger partial charge < -0.3 is 9.72 Å². The summed E-state index contributed by atoms with van der Waals surface area (Å²) in [6.07, 6.45) is 1.76. The molecule has 162 valence electrons. The van der Waals surface area contributed by atoms with Gasteiger partial charge in [-0.3, -0.25) is 14.2 Å². The first-order valence-electron chi connectivity index (χ1n) is 9.88. The summed E-state index contributed by atoms with van der Waals surface area (Å²) in [7, 11) is 1.61. The third-order valence-electron chi connectivity index (χ3n) is 5.06. The standard InChI is InChI=1S/C23H26N4O3S/c1-7-12-27-22(17-10-8-9-11-18(17)30-6)25-26-23(27)31-16(5)21(29)20-13(2)19(15(4)28)14(3)24-20/h7-11,16,24H,1,12H2,2-6H3. The second kappa shape index (κ2) is 9.34. The zero-order valence-corrected chi connectivity index (χ0v) is 19.2. The number of carbonyl (C=O) groups excluding carboxylic acids is 2. The lowest BCUT2D eigenvalue weighted by atomic mass is 10.0. The van der Waals surface area contributed by atoms with Gasteiger partial charge in [0.15, 0.2) is 22.5 Å². The highest BCUT2D eigenvalue weighted by Gasteiger charge is 2.26. The number of H-pyrrole nitrogens is 1. The molecule has 1 unspecified atom stereocenters. The SMILES string of the molecule is C=CCn1c(SC(C)C(=O)c2[nH]c(C)c(C(C)=O)c2C)nnc1-c1ccccc1OC. The van der Waals surface area contributed by atoms with Crippen LogP contribution in [0.25, 0.3) is 11.4 Å². The van der Waals surface area contributed by atoms with Crippen molar-refractivity contribution in [2.75, 3.05) is 7.11 Å². The van der Waals surface area contributed by atoms with Gasteiger partial charge in [-0.1, -0.05) is 30.0 Å². The van der Waals surface area contributed by atoms with E-state index in [0.29, 0.717) is 45.8 Å². The van der Waals surface area contributed by atoms with Crippen molar-refractivity contribution < 1.29 is 14.3 Å². The average Bonchev–Trinajstić information content (AvgIpc) is 3.27. The number of aryl methyl sites for hydroxylation is 1. The van der Waals surface area contributed by atoms with Crippen molar-refractivity contribution in [3.63, 3.8) is 0 Å². The number of hydrogen-bond donors (Lipinski definition) is 1. The van der Waals surface area contributed by atoms with Gasteiger partial charge in [0.25, 0.3) is 0 Å². The molecule has 1 atom stereocenters. The summed E-state index contributed by atoms with van der Waals surface area (Å²) in [6, 6.07) is 7.58. The van der Waals surface area contributed by atoms with Gasteiger partial charge in [0, 0.05) is 17.8 Å². The van der Waals surface area contributed by atoms with E-state index in [-0.39, 0.29) is 11.6 Å². The predicted octanol–water partition coefficient (Wildman–Crippen LogP) is 4.65. The number of aromatic nitrogens is 4. The molecule has 0 spiro atoms. The zero-order valence-electron chi connectivity index (χ0n) is 18.4. The summed E-state index contributed by atoms with van der Waals surface area (Å²) < 4.78 is 7.38. The molecule has 2 heterocycles. The van der Waals surface area contributed by atoms with Crippen molar-refractivity contribution in [1.29, 1.82) is 0 Å². The minimum Gasteiger partial charge on any atom is -0.496 e. The number of ketones is 2. The zero-order chi connectivity index (χ0) is 22.7. The van der Waals surface area contributed by atoms with Gasteiger partial charge >= 0.3 is 0 Å². The Kier molecular flexibility index (Phi) is 6.80. The normalized spacial score (nSPS) is 11.9. The van der Waals surface area contributed by atoms with Crippen molar-refractivity contribution in [3.05, 3.63) is 59.4 Å². The molecular weight excluding hydrogens is 412 g/mol. The van der Waals surface area contributed by atoms with Crippen LogP contribution in [0.2, 0.25) is 0 Å². The summed E-state index contributed by atoms with van der Waals surface area (Å²) in [4.78, 5) is 28.1. The third kappa shape index (κ3) is 4.34. The fourth-order valence-electron chi connectivity index (χ4n) is 3.64. The van der Waals surface area contributed by atoms with Gasteiger partial charge in [-0.25, -0.2) is 0 Å². The Hall–Kier alpha value is -3.13. The molecular formula is C23H26N4O3S. The molecule has 3 rings (SSSR count). The van der Waals surface area contributed by atoms with E-state index in [1.807, 2.05) is 35.8 Å². The molecule has 31 heavy (non-hydrogen) atoms.